The summed E-state index contributed by atoms with van der Waals surface area (Å²) >= 11 is 5.84. The number of aromatic nitrogens is 1. The average molecular weight is 211 g/mol. The Balaban J connectivity index is 2.27. The van der Waals surface area contributed by atoms with Crippen molar-refractivity contribution in [1.29, 1.82) is 0 Å². The molecule has 0 saturated carbocycles. The van der Waals surface area contributed by atoms with E-state index in [-0.39, 0.29) is 5.38 Å². The smallest absolute Gasteiger partial charge is 0.139 e. The van der Waals surface area contributed by atoms with Crippen LogP contribution >= 0.6 is 11.6 Å². The van der Waals surface area contributed by atoms with Crippen LogP contribution in [0.15, 0.2) is 29.0 Å². The van der Waals surface area contributed by atoms with Crippen molar-refractivity contribution in [1.82, 2.24) is 4.98 Å². The molecule has 0 amide bonds. The van der Waals surface area contributed by atoms with Crippen molar-refractivity contribution < 1.29 is 4.42 Å². The molecule has 2 rings (SSSR count). The highest BCUT2D eigenvalue weighted by atomic mass is 35.5. The van der Waals surface area contributed by atoms with Gasteiger partial charge in [-0.3, -0.25) is 0 Å². The zero-order chi connectivity index (χ0) is 9.97. The van der Waals surface area contributed by atoms with Gasteiger partial charge in [-0.25, -0.2) is 4.98 Å². The Kier molecular flexibility index (Phi) is 2.59. The van der Waals surface area contributed by atoms with E-state index in [1.165, 1.54) is 0 Å². The highest BCUT2D eigenvalue weighted by molar-refractivity contribution is 6.20. The summed E-state index contributed by atoms with van der Waals surface area (Å²) in [5.41, 5.74) is 0.838. The van der Waals surface area contributed by atoms with E-state index < -0.39 is 0 Å². The van der Waals surface area contributed by atoms with Crippen LogP contribution in [0.5, 0.6) is 0 Å². The number of alkyl halides is 1. The fourth-order valence-electron chi connectivity index (χ4n) is 1.27. The Labute approximate surface area is 87.1 Å². The summed E-state index contributed by atoms with van der Waals surface area (Å²) < 4.78 is 5.25. The summed E-state index contributed by atoms with van der Waals surface area (Å²) in [6.45, 7) is 2.63. The molecule has 0 aliphatic heterocycles. The third kappa shape index (κ3) is 1.82. The monoisotopic (exact) mass is 210 g/mol. The van der Waals surface area contributed by atoms with Crippen LogP contribution in [-0.2, 0) is 0 Å². The first-order chi connectivity index (χ1) is 6.77. The summed E-state index contributed by atoms with van der Waals surface area (Å²) in [5.74, 6) is 0.823. The van der Waals surface area contributed by atoms with Crippen LogP contribution in [-0.4, -0.2) is 16.9 Å². The second-order valence-electron chi connectivity index (χ2n) is 3.15. The molecule has 0 radical (unpaired) electrons. The Morgan fingerprint density at radius 1 is 1.57 bits per heavy atom. The van der Waals surface area contributed by atoms with Crippen molar-refractivity contribution in [3.05, 3.63) is 24.6 Å². The minimum Gasteiger partial charge on any atom is -0.464 e. The number of rotatable bonds is 3. The van der Waals surface area contributed by atoms with Crippen molar-refractivity contribution >= 4 is 28.4 Å². The maximum atomic E-state index is 5.84. The van der Waals surface area contributed by atoms with Gasteiger partial charge in [0.2, 0.25) is 0 Å². The number of nitrogens with zero attached hydrogens (tertiary/aromatic N) is 1. The zero-order valence-electron chi connectivity index (χ0n) is 7.83. The molecule has 1 N–H and O–H groups in total. The lowest BCUT2D eigenvalue weighted by molar-refractivity contribution is 0.615. The topological polar surface area (TPSA) is 38.1 Å². The van der Waals surface area contributed by atoms with Crippen LogP contribution < -0.4 is 5.32 Å². The molecule has 2 aromatic heterocycles. The Morgan fingerprint density at radius 2 is 2.43 bits per heavy atom. The predicted molar refractivity (Wildman–Crippen MR) is 57.8 cm³/mol. The normalized spacial score (nSPS) is 13.0. The highest BCUT2D eigenvalue weighted by Crippen LogP contribution is 2.21. The molecule has 14 heavy (non-hydrogen) atoms. The molecule has 0 saturated heterocycles. The molecular weight excluding hydrogens is 200 g/mol. The number of fused-ring (bicyclic) bond motifs is 1. The van der Waals surface area contributed by atoms with Gasteiger partial charge in [-0.05, 0) is 19.1 Å². The van der Waals surface area contributed by atoms with Crippen molar-refractivity contribution in [2.24, 2.45) is 0 Å². The molecule has 0 bridgehead atoms. The first kappa shape index (κ1) is 9.34. The summed E-state index contributed by atoms with van der Waals surface area (Å²) in [5, 5.41) is 4.24. The van der Waals surface area contributed by atoms with Crippen molar-refractivity contribution in [2.45, 2.75) is 12.3 Å². The standard InChI is InChI=1S/C10H11ClN2O/c1-7(11)6-13-10-8-3-5-14-9(8)2-4-12-10/h2-5,7H,6H2,1H3,(H,12,13). The molecule has 0 spiro atoms. The third-order valence-corrected chi connectivity index (χ3v) is 2.08. The van der Waals surface area contributed by atoms with Gasteiger partial charge in [-0.1, -0.05) is 0 Å². The number of nitrogens with one attached hydrogen (secondary N) is 1. The number of hydrogen-bond donors (Lipinski definition) is 1. The Morgan fingerprint density at radius 3 is 3.21 bits per heavy atom. The number of anilines is 1. The predicted octanol–water partition coefficient (Wildman–Crippen LogP) is 2.87. The van der Waals surface area contributed by atoms with E-state index in [9.17, 15) is 0 Å². The second-order valence-corrected chi connectivity index (χ2v) is 3.90. The number of furan rings is 1. The first-order valence-electron chi connectivity index (χ1n) is 4.47. The molecule has 1 unspecified atom stereocenters. The van der Waals surface area contributed by atoms with E-state index >= 15 is 0 Å². The third-order valence-electron chi connectivity index (χ3n) is 1.93. The van der Waals surface area contributed by atoms with E-state index in [2.05, 4.69) is 10.3 Å². The maximum absolute atomic E-state index is 5.84. The van der Waals surface area contributed by atoms with E-state index in [1.54, 1.807) is 12.5 Å². The lowest BCUT2D eigenvalue weighted by atomic mass is 10.3. The van der Waals surface area contributed by atoms with Crippen LogP contribution in [0, 0.1) is 0 Å². The summed E-state index contributed by atoms with van der Waals surface area (Å²) in [7, 11) is 0. The molecule has 4 heteroatoms. The summed E-state index contributed by atoms with van der Waals surface area (Å²) in [6.07, 6.45) is 3.37. The van der Waals surface area contributed by atoms with Gasteiger partial charge in [-0.15, -0.1) is 11.6 Å². The van der Waals surface area contributed by atoms with Crippen LogP contribution in [0.2, 0.25) is 0 Å². The number of hydrogen-bond acceptors (Lipinski definition) is 3. The molecule has 0 fully saturated rings. The van der Waals surface area contributed by atoms with Gasteiger partial charge in [0.1, 0.15) is 11.4 Å². The Hall–Kier alpha value is -1.22. The summed E-state index contributed by atoms with van der Waals surface area (Å²) in [4.78, 5) is 4.22. The molecule has 1 atom stereocenters. The molecule has 0 aliphatic rings. The summed E-state index contributed by atoms with van der Waals surface area (Å²) in [6, 6.07) is 3.73. The molecule has 2 aromatic rings. The van der Waals surface area contributed by atoms with Crippen LogP contribution in [0.3, 0.4) is 0 Å². The van der Waals surface area contributed by atoms with E-state index in [0.29, 0.717) is 6.54 Å². The quantitative estimate of drug-likeness (QED) is 0.792. The van der Waals surface area contributed by atoms with Crippen LogP contribution in [0.25, 0.3) is 11.0 Å². The van der Waals surface area contributed by atoms with Gasteiger partial charge in [-0.2, -0.15) is 0 Å². The number of pyridine rings is 1. The minimum atomic E-state index is 0.0824. The van der Waals surface area contributed by atoms with Crippen molar-refractivity contribution in [3.63, 3.8) is 0 Å². The zero-order valence-corrected chi connectivity index (χ0v) is 8.58. The molecule has 2 heterocycles. The van der Waals surface area contributed by atoms with Gasteiger partial charge < -0.3 is 9.73 Å². The first-order valence-corrected chi connectivity index (χ1v) is 4.91. The molecule has 0 aliphatic carbocycles. The largest absolute Gasteiger partial charge is 0.464 e. The van der Waals surface area contributed by atoms with Gasteiger partial charge in [0.05, 0.1) is 11.6 Å². The molecule has 3 nitrogen and oxygen atoms in total. The van der Waals surface area contributed by atoms with Gasteiger partial charge >= 0.3 is 0 Å². The van der Waals surface area contributed by atoms with Gasteiger partial charge in [0.15, 0.2) is 0 Å². The Bertz CT molecular complexity index is 425. The number of halogens is 1. The molecule has 0 aromatic carbocycles. The van der Waals surface area contributed by atoms with E-state index in [0.717, 1.165) is 16.8 Å². The van der Waals surface area contributed by atoms with E-state index in [1.807, 2.05) is 19.1 Å². The lowest BCUT2D eigenvalue weighted by Gasteiger charge is -2.06. The minimum absolute atomic E-state index is 0.0824. The van der Waals surface area contributed by atoms with Crippen molar-refractivity contribution in [2.75, 3.05) is 11.9 Å². The van der Waals surface area contributed by atoms with E-state index in [4.69, 9.17) is 16.0 Å². The maximum Gasteiger partial charge on any atom is 0.139 e. The highest BCUT2D eigenvalue weighted by Gasteiger charge is 2.04. The van der Waals surface area contributed by atoms with Gasteiger partial charge in [0, 0.05) is 18.1 Å². The lowest BCUT2D eigenvalue weighted by Crippen LogP contribution is -2.11. The van der Waals surface area contributed by atoms with Crippen LogP contribution in [0.1, 0.15) is 6.92 Å². The second kappa shape index (κ2) is 3.88. The fourth-order valence-corrected chi connectivity index (χ4v) is 1.35. The van der Waals surface area contributed by atoms with Crippen molar-refractivity contribution in [3.8, 4) is 0 Å². The fraction of sp³-hybridized carbons (Fsp3) is 0.300. The van der Waals surface area contributed by atoms with Crippen LogP contribution in [0.4, 0.5) is 5.82 Å². The average Bonchev–Trinajstić information content (AvgIpc) is 2.62. The molecular formula is C10H11ClN2O. The molecule has 74 valence electrons. The van der Waals surface area contributed by atoms with Gasteiger partial charge in [0.25, 0.3) is 0 Å². The SMILES string of the molecule is CC(Cl)CNc1nccc2occc12.